The fourth-order valence-corrected chi connectivity index (χ4v) is 7.72. The maximum Gasteiger partial charge on any atom is 0.504 e. The van der Waals surface area contributed by atoms with Crippen LogP contribution in [0.15, 0.2) is 88.1 Å². The molecule has 0 radical (unpaired) electrons. The summed E-state index contributed by atoms with van der Waals surface area (Å²) in [4.78, 5) is 0. The zero-order valence-electron chi connectivity index (χ0n) is 37.5. The van der Waals surface area contributed by atoms with Crippen molar-refractivity contribution in [1.82, 2.24) is 0 Å². The van der Waals surface area contributed by atoms with Gasteiger partial charge >= 0.3 is 17.6 Å². The predicted octanol–water partition coefficient (Wildman–Crippen LogP) is 14.6. The zero-order valence-corrected chi connectivity index (χ0v) is 41.8. The molecule has 0 heterocycles. The normalized spacial score (nSPS) is 8.92. The Morgan fingerprint density at radius 2 is 0.731 bits per heavy atom. The summed E-state index contributed by atoms with van der Waals surface area (Å²) in [7, 11) is -4.79. The van der Waals surface area contributed by atoms with E-state index in [1.54, 1.807) is 31.2 Å². The van der Waals surface area contributed by atoms with Crippen LogP contribution in [0.4, 0.5) is 0 Å². The molecule has 0 atom stereocenters. The van der Waals surface area contributed by atoms with Gasteiger partial charge in [0.1, 0.15) is 0 Å². The summed E-state index contributed by atoms with van der Waals surface area (Å²) in [5.41, 5.74) is 0. The van der Waals surface area contributed by atoms with E-state index in [-0.39, 0.29) is 21.1 Å². The van der Waals surface area contributed by atoms with Crippen molar-refractivity contribution in [1.29, 1.82) is 0 Å². The van der Waals surface area contributed by atoms with Crippen molar-refractivity contribution in [3.63, 3.8) is 0 Å². The molecule has 0 rings (SSSR count). The molecule has 0 N–H and O–H groups in total. The van der Waals surface area contributed by atoms with Crippen molar-refractivity contribution in [2.45, 2.75) is 148 Å². The fourth-order valence-electron chi connectivity index (χ4n) is 2.71. The fraction of sp³-hybridized carbons (Fsp3) is 0.651. The Kier molecular flexibility index (Phi) is 121. The second-order valence-electron chi connectivity index (χ2n) is 8.58. The van der Waals surface area contributed by atoms with Gasteiger partial charge in [0.15, 0.2) is 0 Å². The van der Waals surface area contributed by atoms with Gasteiger partial charge in [0.2, 0.25) is 0 Å². The van der Waals surface area contributed by atoms with E-state index in [2.05, 4.69) is 67.2 Å². The summed E-state index contributed by atoms with van der Waals surface area (Å²) in [6, 6.07) is 1.59. The van der Waals surface area contributed by atoms with Crippen LogP contribution in [0.5, 0.6) is 0 Å². The number of hydrogen-bond acceptors (Lipinski definition) is 6. The van der Waals surface area contributed by atoms with Crippen molar-refractivity contribution in [2.75, 3.05) is 39.6 Å². The van der Waals surface area contributed by atoms with Crippen LogP contribution in [0.3, 0.4) is 0 Å². The summed E-state index contributed by atoms with van der Waals surface area (Å²) >= 11 is 0. The molecular weight excluding hydrogens is 864 g/mol. The molecule has 0 aliphatic carbocycles. The summed E-state index contributed by atoms with van der Waals surface area (Å²) in [6.45, 7) is 57.8. The molecule has 320 valence electrons. The van der Waals surface area contributed by atoms with E-state index in [1.165, 1.54) is 19.3 Å². The second kappa shape index (κ2) is 83.2. The van der Waals surface area contributed by atoms with Crippen molar-refractivity contribution < 1.29 is 47.6 Å². The minimum atomic E-state index is -2.40. The molecule has 0 aliphatic heterocycles. The van der Waals surface area contributed by atoms with Crippen LogP contribution in [-0.4, -0.2) is 57.3 Å². The third kappa shape index (κ3) is 78.2. The first-order valence-electron chi connectivity index (χ1n) is 19.5. The van der Waals surface area contributed by atoms with Gasteiger partial charge in [-0.3, -0.25) is 0 Å². The summed E-state index contributed by atoms with van der Waals surface area (Å²) in [6.07, 6.45) is 20.3. The number of rotatable bonds is 22. The number of hydrogen-bond donors (Lipinski definition) is 0. The van der Waals surface area contributed by atoms with Gasteiger partial charge in [-0.15, -0.1) is 13.2 Å². The molecule has 6 nitrogen and oxygen atoms in total. The standard InChI is InChI=1S/2C10H22O3Si.C5H10.C4H10.2C4H6.2C2H6.C2H5.Pt/c2*1-5-9-10-14(11-6-2,12-7-3)13-8-4;1-3-5-4-2;3*1-3-4-2;3*1-2;/h5,9H,6-8,10H2,1-4H3;5H,1,6-10H2,2-4H3;3H,1,4-5H2,2H3;3-4H2,1-2H3;2*3-4H,1-2H2;2*1-2H3;1H2,2H3;/q;;;;;;;;-1;. The molecule has 9 heteroatoms. The Balaban J connectivity index is -0.0000000534. The Bertz CT molecular complexity index is 587. The van der Waals surface area contributed by atoms with Crippen LogP contribution in [0.1, 0.15) is 136 Å². The van der Waals surface area contributed by atoms with Gasteiger partial charge in [-0.2, -0.15) is 6.92 Å². The quantitative estimate of drug-likeness (QED) is 0.0466. The molecule has 0 aromatic rings. The Hall–Kier alpha value is -0.938. The monoisotopic (exact) mass is 957 g/mol. The first kappa shape index (κ1) is 75.9. The van der Waals surface area contributed by atoms with Gasteiger partial charge in [0, 0.05) is 72.8 Å². The largest absolute Gasteiger partial charge is 0.504 e. The van der Waals surface area contributed by atoms with Crippen molar-refractivity contribution >= 4 is 17.6 Å². The van der Waals surface area contributed by atoms with Crippen LogP contribution < -0.4 is 0 Å². The smallest absolute Gasteiger partial charge is 0.374 e. The van der Waals surface area contributed by atoms with Gasteiger partial charge in [-0.25, -0.2) is 0 Å². The topological polar surface area (TPSA) is 55.4 Å². The third-order valence-corrected chi connectivity index (χ3v) is 10.8. The summed E-state index contributed by atoms with van der Waals surface area (Å²) in [5, 5.41) is 0. The number of unbranched alkanes of at least 4 members (excludes halogenated alkanes) is 2. The van der Waals surface area contributed by atoms with Gasteiger partial charge in [0.25, 0.3) is 0 Å². The first-order valence-corrected chi connectivity index (χ1v) is 23.4. The molecule has 0 fully saturated rings. The van der Waals surface area contributed by atoms with Crippen molar-refractivity contribution in [3.8, 4) is 0 Å². The van der Waals surface area contributed by atoms with E-state index in [4.69, 9.17) is 26.6 Å². The van der Waals surface area contributed by atoms with Crippen LogP contribution in [0, 0.1) is 6.92 Å². The van der Waals surface area contributed by atoms with Crippen LogP contribution in [0.2, 0.25) is 12.1 Å². The van der Waals surface area contributed by atoms with Gasteiger partial charge < -0.3 is 33.5 Å². The van der Waals surface area contributed by atoms with Gasteiger partial charge in [-0.1, -0.05) is 143 Å². The molecule has 0 saturated heterocycles. The van der Waals surface area contributed by atoms with Crippen LogP contribution in [-0.2, 0) is 47.6 Å². The molecule has 0 aromatic carbocycles. The minimum Gasteiger partial charge on any atom is -0.374 e. The minimum absolute atomic E-state index is 0. The molecule has 0 saturated carbocycles. The van der Waals surface area contributed by atoms with Gasteiger partial charge in [0.05, 0.1) is 0 Å². The summed E-state index contributed by atoms with van der Waals surface area (Å²) < 4.78 is 33.9. The molecular formula is C43H93O6PtSi2-. The maximum atomic E-state index is 5.66. The second-order valence-corrected chi connectivity index (χ2v) is 14.0. The predicted molar refractivity (Wildman–Crippen MR) is 241 cm³/mol. The van der Waals surface area contributed by atoms with Gasteiger partial charge in [-0.05, 0) is 61.3 Å². The average Bonchev–Trinajstić information content (AvgIpc) is 3.17. The van der Waals surface area contributed by atoms with Crippen molar-refractivity contribution in [2.24, 2.45) is 0 Å². The molecule has 0 spiro atoms. The molecule has 0 aromatic heterocycles. The van der Waals surface area contributed by atoms with E-state index < -0.39 is 17.6 Å². The molecule has 0 aliphatic rings. The Morgan fingerprint density at radius 1 is 0.462 bits per heavy atom. The molecule has 0 bridgehead atoms. The summed E-state index contributed by atoms with van der Waals surface area (Å²) in [5.74, 6) is 0. The van der Waals surface area contributed by atoms with Crippen LogP contribution >= 0.6 is 0 Å². The Labute approximate surface area is 346 Å². The van der Waals surface area contributed by atoms with E-state index >= 15 is 0 Å². The van der Waals surface area contributed by atoms with Crippen LogP contribution in [0.25, 0.3) is 0 Å². The SMILES string of the molecule is C=CC=C.C=CC=C.C=CCCC.C=CCC[Si](OCC)(OCC)OCC.CC.CC.CC=CC[Si](OCC)(OCC)OCC.CCCC.[CH2-]C.[Pt]. The Morgan fingerprint density at radius 3 is 0.885 bits per heavy atom. The average molecular weight is 957 g/mol. The first-order chi connectivity index (χ1) is 24.6. The third-order valence-electron chi connectivity index (χ3n) is 4.77. The van der Waals surface area contributed by atoms with E-state index in [1.807, 2.05) is 100 Å². The van der Waals surface area contributed by atoms with E-state index in [0.29, 0.717) is 39.6 Å². The van der Waals surface area contributed by atoms with E-state index in [9.17, 15) is 0 Å². The molecule has 0 unspecified atom stereocenters. The molecule has 52 heavy (non-hydrogen) atoms. The molecule has 0 amide bonds. The van der Waals surface area contributed by atoms with E-state index in [0.717, 1.165) is 24.9 Å². The number of allylic oxidation sites excluding steroid dienone is 8. The maximum absolute atomic E-state index is 5.66. The van der Waals surface area contributed by atoms with Crippen molar-refractivity contribution in [3.05, 3.63) is 95.0 Å². The zero-order chi connectivity index (χ0) is 42.1.